The molecule has 0 bridgehead atoms. The van der Waals surface area contributed by atoms with Crippen molar-refractivity contribution in [2.75, 3.05) is 13.2 Å². The molecule has 0 atom stereocenters. The summed E-state index contributed by atoms with van der Waals surface area (Å²) in [6.45, 7) is 0.913. The Morgan fingerprint density at radius 1 is 0.673 bits per heavy atom. The number of H-pyrrole nitrogens is 1. The molecule has 0 saturated carbocycles. The van der Waals surface area contributed by atoms with Crippen LogP contribution in [0.4, 0.5) is 17.6 Å². The highest BCUT2D eigenvalue weighted by atomic mass is 35.5. The Kier molecular flexibility index (Phi) is 9.99. The summed E-state index contributed by atoms with van der Waals surface area (Å²) < 4.78 is 65.9. The molecule has 55 heavy (non-hydrogen) atoms. The van der Waals surface area contributed by atoms with E-state index in [1.807, 2.05) is 12.1 Å². The highest BCUT2D eigenvalue weighted by molar-refractivity contribution is 7.19. The molecule has 0 aliphatic carbocycles. The monoisotopic (exact) mass is 820 g/mol. The first-order chi connectivity index (χ1) is 26.5. The van der Waals surface area contributed by atoms with Gasteiger partial charge in [-0.3, -0.25) is 9.59 Å². The van der Waals surface area contributed by atoms with Gasteiger partial charge in [-0.15, -0.1) is 22.7 Å². The fourth-order valence-corrected chi connectivity index (χ4v) is 8.74. The minimum atomic E-state index is -1.07. The Morgan fingerprint density at radius 3 is 1.91 bits per heavy atom. The number of hydrogen-bond donors (Lipinski definition) is 1. The van der Waals surface area contributed by atoms with Crippen molar-refractivity contribution >= 4 is 57.4 Å². The smallest absolute Gasteiger partial charge is 0.243 e. The van der Waals surface area contributed by atoms with Crippen LogP contribution in [0.1, 0.15) is 31.2 Å². The lowest BCUT2D eigenvalue weighted by Crippen LogP contribution is -2.15. The van der Waals surface area contributed by atoms with E-state index in [0.717, 1.165) is 50.4 Å². The zero-order chi connectivity index (χ0) is 38.4. The lowest BCUT2D eigenvalue weighted by Gasteiger charge is -2.06. The number of pyridine rings is 2. The van der Waals surface area contributed by atoms with Gasteiger partial charge < -0.3 is 14.5 Å². The molecule has 0 saturated heterocycles. The van der Waals surface area contributed by atoms with E-state index in [1.165, 1.54) is 29.8 Å². The summed E-state index contributed by atoms with van der Waals surface area (Å²) in [5.74, 6) is -3.83. The number of rotatable bonds is 5. The van der Waals surface area contributed by atoms with Crippen LogP contribution in [-0.2, 0) is 12.8 Å². The van der Waals surface area contributed by atoms with E-state index in [-0.39, 0.29) is 15.6 Å². The molecule has 0 unspecified atom stereocenters. The highest BCUT2D eigenvalue weighted by Crippen LogP contribution is 2.45. The first kappa shape index (κ1) is 36.6. The van der Waals surface area contributed by atoms with Crippen LogP contribution in [0.25, 0.3) is 43.0 Å². The molecular weight excluding hydrogens is 799 g/mol. The normalized spacial score (nSPS) is 12.7. The van der Waals surface area contributed by atoms with E-state index in [1.54, 1.807) is 24.3 Å². The molecule has 276 valence electrons. The number of aromatic nitrogens is 4. The van der Waals surface area contributed by atoms with Crippen LogP contribution < -0.4 is 9.47 Å². The van der Waals surface area contributed by atoms with Gasteiger partial charge >= 0.3 is 0 Å². The second kappa shape index (κ2) is 15.0. The Hall–Kier alpha value is -5.41. The van der Waals surface area contributed by atoms with Crippen LogP contribution in [0, 0.1) is 23.3 Å². The molecule has 5 aromatic heterocycles. The summed E-state index contributed by atoms with van der Waals surface area (Å²) in [5, 5.41) is 0.664. The lowest BCUT2D eigenvalue weighted by atomic mass is 10.0. The first-order valence-electron chi connectivity index (χ1n) is 16.4. The summed E-state index contributed by atoms with van der Waals surface area (Å²) in [7, 11) is 0. The average molecular weight is 822 g/mol. The van der Waals surface area contributed by atoms with Crippen molar-refractivity contribution in [2.24, 2.45) is 0 Å². The predicted octanol–water partition coefficient (Wildman–Crippen LogP) is 10.5. The molecule has 2 aliphatic heterocycles. The van der Waals surface area contributed by atoms with E-state index in [0.29, 0.717) is 76.4 Å². The molecule has 7 aromatic rings. The number of ether oxygens (including phenoxy) is 2. The Labute approximate surface area is 327 Å². The van der Waals surface area contributed by atoms with Crippen molar-refractivity contribution in [2.45, 2.75) is 12.8 Å². The molecule has 9 rings (SSSR count). The summed E-state index contributed by atoms with van der Waals surface area (Å²) in [4.78, 5) is 43.7. The van der Waals surface area contributed by atoms with Gasteiger partial charge in [0.05, 0.1) is 56.0 Å². The molecule has 0 amide bonds. The van der Waals surface area contributed by atoms with Gasteiger partial charge in [-0.1, -0.05) is 23.2 Å². The molecule has 0 spiro atoms. The standard InChI is InChI=1S/C20H12ClF2N3OS.C19H10ClF2NO3S/c21-16-4-3-14-18(26-16)20-10(5-6-27-14)7-15(28-20)19-17(24-9-25-19)12-2-1-11(22)8-13(12)23;20-15-4-3-13-16(23-15)19-9(5-6-26-13)7-14(27-19)18(25)17(24)11-2-1-10(21)8-12(11)22/h1-4,7-9H,5-6H2,(H,24,25);1-4,7-8H,5-6H2. The van der Waals surface area contributed by atoms with Gasteiger partial charge in [-0.25, -0.2) is 32.5 Å². The van der Waals surface area contributed by atoms with Crippen LogP contribution in [0.5, 0.6) is 11.5 Å². The third-order valence-electron chi connectivity index (χ3n) is 8.63. The quantitative estimate of drug-likeness (QED) is 0.0797. The van der Waals surface area contributed by atoms with E-state index >= 15 is 0 Å². The number of Topliss-reactive ketones (excluding diaryl/α,β-unsaturated/α-hetero) is 2. The van der Waals surface area contributed by atoms with Crippen molar-refractivity contribution in [3.63, 3.8) is 0 Å². The van der Waals surface area contributed by atoms with Gasteiger partial charge in [-0.05, 0) is 71.8 Å². The second-order valence-electron chi connectivity index (χ2n) is 12.1. The summed E-state index contributed by atoms with van der Waals surface area (Å²) in [5.41, 5.74) is 3.96. The highest BCUT2D eigenvalue weighted by Gasteiger charge is 2.28. The number of fused-ring (bicyclic) bond motifs is 6. The molecule has 8 nitrogen and oxygen atoms in total. The van der Waals surface area contributed by atoms with Gasteiger partial charge in [0, 0.05) is 30.5 Å². The number of nitrogens with one attached hydrogen (secondary N) is 1. The Bertz CT molecular complexity index is 2660. The third kappa shape index (κ3) is 7.25. The summed E-state index contributed by atoms with van der Waals surface area (Å²) in [6.07, 6.45) is 2.74. The molecule has 2 aromatic carbocycles. The summed E-state index contributed by atoms with van der Waals surface area (Å²) in [6, 6.07) is 16.4. The topological polar surface area (TPSA) is 107 Å². The third-order valence-corrected chi connectivity index (χ3v) is 11.4. The Morgan fingerprint density at radius 2 is 1.27 bits per heavy atom. The van der Waals surface area contributed by atoms with E-state index in [2.05, 4.69) is 19.9 Å². The van der Waals surface area contributed by atoms with Crippen molar-refractivity contribution in [1.82, 2.24) is 19.9 Å². The number of imidazole rings is 1. The minimum absolute atomic E-state index is 0.156. The lowest BCUT2D eigenvalue weighted by molar-refractivity contribution is 0.0816. The number of hydrogen-bond acceptors (Lipinski definition) is 9. The van der Waals surface area contributed by atoms with Crippen molar-refractivity contribution in [3.05, 3.63) is 134 Å². The zero-order valence-corrected chi connectivity index (χ0v) is 31.0. The molecular formula is C39H22Cl2F4N4O4S2. The van der Waals surface area contributed by atoms with Crippen molar-refractivity contribution in [3.8, 4) is 54.5 Å². The largest absolute Gasteiger partial charge is 0.491 e. The molecule has 2 aliphatic rings. The maximum absolute atomic E-state index is 14.3. The second-order valence-corrected chi connectivity index (χ2v) is 15.0. The molecule has 0 fully saturated rings. The maximum Gasteiger partial charge on any atom is 0.243 e. The number of aromatic amines is 1. The Balaban J connectivity index is 0.000000155. The van der Waals surface area contributed by atoms with E-state index in [4.69, 9.17) is 32.7 Å². The molecule has 1 N–H and O–H groups in total. The SMILES string of the molecule is Fc1ccc(-c2nc[nH]c2-c2cc3c(s2)-c2nc(Cl)ccc2OCC3)c(F)c1.O=C(C(=O)c1ccc(F)cc1F)c1cc2c(s1)-c1nc(Cl)ccc1OCC2. The summed E-state index contributed by atoms with van der Waals surface area (Å²) >= 11 is 14.6. The van der Waals surface area contributed by atoms with Crippen LogP contribution >= 0.6 is 45.9 Å². The van der Waals surface area contributed by atoms with Gasteiger partial charge in [0.2, 0.25) is 11.6 Å². The van der Waals surface area contributed by atoms with Crippen LogP contribution in [0.15, 0.2) is 79.1 Å². The van der Waals surface area contributed by atoms with Gasteiger partial charge in [-0.2, -0.15) is 0 Å². The van der Waals surface area contributed by atoms with E-state index in [9.17, 15) is 27.2 Å². The number of thiophene rings is 2. The molecule has 0 radical (unpaired) electrons. The van der Waals surface area contributed by atoms with Gasteiger partial charge in [0.1, 0.15) is 56.5 Å². The number of carbonyl (C=O) groups excluding carboxylic acids is 2. The number of halogens is 6. The van der Waals surface area contributed by atoms with Gasteiger partial charge in [0.15, 0.2) is 0 Å². The number of carbonyl (C=O) groups is 2. The van der Waals surface area contributed by atoms with E-state index < -0.39 is 40.4 Å². The number of benzene rings is 2. The van der Waals surface area contributed by atoms with Gasteiger partial charge in [0.25, 0.3) is 0 Å². The minimum Gasteiger partial charge on any atom is -0.491 e. The predicted molar refractivity (Wildman–Crippen MR) is 201 cm³/mol. The fraction of sp³-hybridized carbons (Fsp3) is 0.103. The van der Waals surface area contributed by atoms with Crippen LogP contribution in [0.3, 0.4) is 0 Å². The zero-order valence-electron chi connectivity index (χ0n) is 27.9. The van der Waals surface area contributed by atoms with Crippen LogP contribution in [-0.4, -0.2) is 44.7 Å². The maximum atomic E-state index is 14.3. The van der Waals surface area contributed by atoms with Crippen LogP contribution in [0.2, 0.25) is 10.3 Å². The van der Waals surface area contributed by atoms with Crippen molar-refractivity contribution in [1.29, 1.82) is 0 Å². The van der Waals surface area contributed by atoms with Crippen molar-refractivity contribution < 1.29 is 36.6 Å². The first-order valence-corrected chi connectivity index (χ1v) is 18.8. The average Bonchev–Trinajstić information content (AvgIpc) is 3.87. The fourth-order valence-electron chi connectivity index (χ4n) is 6.09. The number of nitrogens with zero attached hydrogens (tertiary/aromatic N) is 3. The number of ketones is 2. The molecule has 7 heterocycles. The molecule has 16 heteroatoms.